The average molecular weight is 241 g/mol. The van der Waals surface area contributed by atoms with E-state index in [2.05, 4.69) is 17.0 Å². The van der Waals surface area contributed by atoms with Gasteiger partial charge in [-0.1, -0.05) is 19.1 Å². The Morgan fingerprint density at radius 1 is 1.28 bits per heavy atom. The number of aromatic nitrogens is 4. The number of rotatable bonds is 2. The molecule has 5 nitrogen and oxygen atoms in total. The third-order valence-electron chi connectivity index (χ3n) is 3.05. The standard InChI is InChI=1S/C13H15N5/c1-3-9-12(8-17(2)16-9)18-11-7-5-4-6-10(11)15-13(18)14/h4-8H,3H2,1-2H3,(H2,14,15). The monoisotopic (exact) mass is 241 g/mol. The summed E-state index contributed by atoms with van der Waals surface area (Å²) in [5.41, 5.74) is 9.97. The highest BCUT2D eigenvalue weighted by Gasteiger charge is 2.14. The van der Waals surface area contributed by atoms with Gasteiger partial charge in [-0.3, -0.25) is 9.25 Å². The smallest absolute Gasteiger partial charge is 0.206 e. The van der Waals surface area contributed by atoms with Gasteiger partial charge in [0.05, 0.1) is 22.4 Å². The zero-order valence-electron chi connectivity index (χ0n) is 10.5. The summed E-state index contributed by atoms with van der Waals surface area (Å²) < 4.78 is 3.77. The number of hydrogen-bond donors (Lipinski definition) is 1. The molecule has 0 aliphatic rings. The van der Waals surface area contributed by atoms with E-state index in [1.807, 2.05) is 46.8 Å². The third-order valence-corrected chi connectivity index (χ3v) is 3.05. The van der Waals surface area contributed by atoms with E-state index in [-0.39, 0.29) is 0 Å². The van der Waals surface area contributed by atoms with Crippen molar-refractivity contribution in [1.82, 2.24) is 19.3 Å². The van der Waals surface area contributed by atoms with Crippen LogP contribution in [0.5, 0.6) is 0 Å². The van der Waals surface area contributed by atoms with Crippen LogP contribution in [-0.2, 0) is 13.5 Å². The Morgan fingerprint density at radius 2 is 2.06 bits per heavy atom. The molecular formula is C13H15N5. The topological polar surface area (TPSA) is 61.7 Å². The molecule has 3 rings (SSSR count). The van der Waals surface area contributed by atoms with E-state index in [4.69, 9.17) is 5.73 Å². The molecule has 0 atom stereocenters. The molecule has 2 aromatic heterocycles. The minimum atomic E-state index is 0.499. The maximum absolute atomic E-state index is 6.03. The molecule has 0 aliphatic carbocycles. The van der Waals surface area contributed by atoms with Gasteiger partial charge in [-0.05, 0) is 18.6 Å². The molecule has 0 aliphatic heterocycles. The molecule has 0 spiro atoms. The Labute approximate surface area is 105 Å². The van der Waals surface area contributed by atoms with Gasteiger partial charge in [0.15, 0.2) is 0 Å². The molecule has 0 radical (unpaired) electrons. The average Bonchev–Trinajstić information content (AvgIpc) is 2.87. The van der Waals surface area contributed by atoms with E-state index in [0.29, 0.717) is 5.95 Å². The first-order chi connectivity index (χ1) is 8.70. The molecule has 3 aromatic rings. The van der Waals surface area contributed by atoms with Crippen LogP contribution >= 0.6 is 0 Å². The molecule has 0 saturated heterocycles. The molecule has 0 unspecified atom stereocenters. The van der Waals surface area contributed by atoms with Crippen LogP contribution in [0.4, 0.5) is 5.95 Å². The van der Waals surface area contributed by atoms with Crippen LogP contribution in [0.3, 0.4) is 0 Å². The Morgan fingerprint density at radius 3 is 2.83 bits per heavy atom. The van der Waals surface area contributed by atoms with Crippen LogP contribution in [0.2, 0.25) is 0 Å². The van der Waals surface area contributed by atoms with Gasteiger partial charge in [0.1, 0.15) is 0 Å². The second kappa shape index (κ2) is 3.87. The molecule has 0 amide bonds. The molecule has 0 bridgehead atoms. The number of nitrogens with two attached hydrogens (primary N) is 1. The lowest BCUT2D eigenvalue weighted by molar-refractivity contribution is 0.746. The first kappa shape index (κ1) is 10.8. The van der Waals surface area contributed by atoms with Crippen molar-refractivity contribution in [3.05, 3.63) is 36.2 Å². The fourth-order valence-corrected chi connectivity index (χ4v) is 2.26. The van der Waals surface area contributed by atoms with Crippen molar-refractivity contribution in [2.24, 2.45) is 7.05 Å². The molecular weight excluding hydrogens is 226 g/mol. The molecule has 92 valence electrons. The number of nitrogen functional groups attached to an aromatic ring is 1. The summed E-state index contributed by atoms with van der Waals surface area (Å²) in [4.78, 5) is 4.38. The first-order valence-corrected chi connectivity index (χ1v) is 5.96. The van der Waals surface area contributed by atoms with Crippen molar-refractivity contribution >= 4 is 17.0 Å². The predicted octanol–water partition coefficient (Wildman–Crippen LogP) is 1.90. The highest BCUT2D eigenvalue weighted by atomic mass is 15.3. The van der Waals surface area contributed by atoms with E-state index in [0.717, 1.165) is 28.8 Å². The quantitative estimate of drug-likeness (QED) is 0.745. The summed E-state index contributed by atoms with van der Waals surface area (Å²) >= 11 is 0. The van der Waals surface area contributed by atoms with E-state index in [1.165, 1.54) is 0 Å². The molecule has 0 saturated carbocycles. The van der Waals surface area contributed by atoms with Crippen LogP contribution < -0.4 is 5.73 Å². The lowest BCUT2D eigenvalue weighted by atomic mass is 10.2. The normalized spacial score (nSPS) is 11.2. The van der Waals surface area contributed by atoms with Gasteiger partial charge in [0.2, 0.25) is 5.95 Å². The SMILES string of the molecule is CCc1nn(C)cc1-n1c(N)nc2ccccc21. The summed E-state index contributed by atoms with van der Waals surface area (Å²) in [7, 11) is 1.91. The minimum Gasteiger partial charge on any atom is -0.369 e. The Kier molecular flexibility index (Phi) is 2.33. The minimum absolute atomic E-state index is 0.499. The first-order valence-electron chi connectivity index (χ1n) is 5.96. The van der Waals surface area contributed by atoms with Crippen LogP contribution in [0, 0.1) is 0 Å². The largest absolute Gasteiger partial charge is 0.369 e. The van der Waals surface area contributed by atoms with Crippen LogP contribution in [-0.4, -0.2) is 19.3 Å². The van der Waals surface area contributed by atoms with Crippen molar-refractivity contribution in [2.45, 2.75) is 13.3 Å². The van der Waals surface area contributed by atoms with Crippen molar-refractivity contribution in [3.63, 3.8) is 0 Å². The maximum Gasteiger partial charge on any atom is 0.206 e. The van der Waals surface area contributed by atoms with Crippen molar-refractivity contribution in [3.8, 4) is 5.69 Å². The third kappa shape index (κ3) is 1.48. The fourth-order valence-electron chi connectivity index (χ4n) is 2.26. The lowest BCUT2D eigenvalue weighted by Gasteiger charge is -2.04. The number of nitrogens with zero attached hydrogens (tertiary/aromatic N) is 4. The van der Waals surface area contributed by atoms with Gasteiger partial charge in [0, 0.05) is 13.2 Å². The van der Waals surface area contributed by atoms with Gasteiger partial charge in [-0.2, -0.15) is 5.10 Å². The van der Waals surface area contributed by atoms with Crippen LogP contribution in [0.25, 0.3) is 16.7 Å². The molecule has 2 heterocycles. The highest BCUT2D eigenvalue weighted by Crippen LogP contribution is 2.24. The molecule has 5 heteroatoms. The van der Waals surface area contributed by atoms with E-state index >= 15 is 0 Å². The van der Waals surface area contributed by atoms with Gasteiger partial charge in [-0.25, -0.2) is 4.98 Å². The lowest BCUT2D eigenvalue weighted by Crippen LogP contribution is -2.02. The summed E-state index contributed by atoms with van der Waals surface area (Å²) in [5.74, 6) is 0.499. The van der Waals surface area contributed by atoms with E-state index in [9.17, 15) is 0 Å². The van der Waals surface area contributed by atoms with Crippen LogP contribution in [0.1, 0.15) is 12.6 Å². The number of imidazole rings is 1. The Hall–Kier alpha value is -2.30. The maximum atomic E-state index is 6.03. The van der Waals surface area contributed by atoms with Crippen LogP contribution in [0.15, 0.2) is 30.5 Å². The number of benzene rings is 1. The van der Waals surface area contributed by atoms with Crippen molar-refractivity contribution in [1.29, 1.82) is 0 Å². The van der Waals surface area contributed by atoms with Gasteiger partial charge >= 0.3 is 0 Å². The van der Waals surface area contributed by atoms with Gasteiger partial charge in [0.25, 0.3) is 0 Å². The zero-order valence-corrected chi connectivity index (χ0v) is 10.5. The van der Waals surface area contributed by atoms with Gasteiger partial charge in [-0.15, -0.1) is 0 Å². The van der Waals surface area contributed by atoms with Crippen molar-refractivity contribution in [2.75, 3.05) is 5.73 Å². The number of fused-ring (bicyclic) bond motifs is 1. The Balaban J connectivity index is 2.33. The number of para-hydroxylation sites is 2. The molecule has 2 N–H and O–H groups in total. The van der Waals surface area contributed by atoms with E-state index < -0.39 is 0 Å². The predicted molar refractivity (Wildman–Crippen MR) is 71.6 cm³/mol. The summed E-state index contributed by atoms with van der Waals surface area (Å²) in [6.07, 6.45) is 2.84. The van der Waals surface area contributed by atoms with Crippen molar-refractivity contribution < 1.29 is 0 Å². The number of aryl methyl sites for hydroxylation is 2. The molecule has 1 aromatic carbocycles. The number of hydrogen-bond acceptors (Lipinski definition) is 3. The van der Waals surface area contributed by atoms with Gasteiger partial charge < -0.3 is 5.73 Å². The fraction of sp³-hybridized carbons (Fsp3) is 0.231. The van der Waals surface area contributed by atoms with E-state index in [1.54, 1.807) is 0 Å². The highest BCUT2D eigenvalue weighted by molar-refractivity contribution is 5.80. The second-order valence-electron chi connectivity index (χ2n) is 4.28. The number of anilines is 1. The Bertz CT molecular complexity index is 707. The molecule has 18 heavy (non-hydrogen) atoms. The zero-order chi connectivity index (χ0) is 12.7. The summed E-state index contributed by atoms with van der Waals surface area (Å²) in [6, 6.07) is 7.93. The second-order valence-corrected chi connectivity index (χ2v) is 4.28. The summed E-state index contributed by atoms with van der Waals surface area (Å²) in [5, 5.41) is 4.45. The summed E-state index contributed by atoms with van der Waals surface area (Å²) in [6.45, 7) is 2.08. The molecule has 0 fully saturated rings.